The second kappa shape index (κ2) is 7.95. The number of rotatable bonds is 0. The summed E-state index contributed by atoms with van der Waals surface area (Å²) in [5, 5.41) is 4.78. The van der Waals surface area contributed by atoms with Gasteiger partial charge in [-0.05, 0) is 50.2 Å². The van der Waals surface area contributed by atoms with E-state index in [0.29, 0.717) is 17.2 Å². The van der Waals surface area contributed by atoms with Gasteiger partial charge in [0.1, 0.15) is 0 Å². The first-order valence-corrected chi connectivity index (χ1v) is 10.5. The molecule has 0 spiro atoms. The van der Waals surface area contributed by atoms with Crippen molar-refractivity contribution < 1.29 is 29.8 Å². The van der Waals surface area contributed by atoms with E-state index in [1.807, 2.05) is 71.1 Å². The molecule has 1 aromatic carbocycles. The van der Waals surface area contributed by atoms with E-state index in [0.717, 1.165) is 23.0 Å². The van der Waals surface area contributed by atoms with Gasteiger partial charge in [0, 0.05) is 55.4 Å². The molecular formula is C26H23F2N4Pt-. The Morgan fingerprint density at radius 3 is 2.27 bits per heavy atom. The van der Waals surface area contributed by atoms with Crippen molar-refractivity contribution in [1.82, 2.24) is 19.7 Å². The van der Waals surface area contributed by atoms with Crippen molar-refractivity contribution in [1.29, 1.82) is 0 Å². The van der Waals surface area contributed by atoms with Gasteiger partial charge in [-0.3, -0.25) is 8.78 Å². The zero-order valence-electron chi connectivity index (χ0n) is 19.0. The monoisotopic (exact) mass is 624 g/mol. The molecule has 172 valence electrons. The van der Waals surface area contributed by atoms with Gasteiger partial charge >= 0.3 is 0 Å². The molecule has 4 nitrogen and oxygen atoms in total. The summed E-state index contributed by atoms with van der Waals surface area (Å²) in [6.45, 7) is 9.71. The number of aromatic nitrogens is 4. The Kier molecular flexibility index (Phi) is 5.64. The summed E-state index contributed by atoms with van der Waals surface area (Å²) in [7, 11) is 0. The zero-order chi connectivity index (χ0) is 22.8. The minimum absolute atomic E-state index is 0. The molecular weight excluding hydrogens is 601 g/mol. The van der Waals surface area contributed by atoms with Crippen molar-refractivity contribution in [2.45, 2.75) is 45.4 Å². The molecule has 0 aliphatic carbocycles. The fraction of sp³-hybridized carbons (Fsp3) is 0.269. The maximum atomic E-state index is 15.1. The summed E-state index contributed by atoms with van der Waals surface area (Å²) < 4.78 is 31.7. The normalized spacial score (nSPS) is 15.4. The number of halogens is 2. The summed E-state index contributed by atoms with van der Waals surface area (Å²) in [5.74, 6) is -0.689. The van der Waals surface area contributed by atoms with Crippen LogP contribution in [0.1, 0.15) is 55.9 Å². The van der Waals surface area contributed by atoms with Crippen LogP contribution in [0.25, 0.3) is 17.1 Å². The van der Waals surface area contributed by atoms with Gasteiger partial charge in [0.05, 0.1) is 11.4 Å². The van der Waals surface area contributed by atoms with Crippen LogP contribution >= 0.6 is 0 Å². The van der Waals surface area contributed by atoms with Gasteiger partial charge < -0.3 is 4.98 Å². The second-order valence-corrected chi connectivity index (χ2v) is 9.36. The Balaban J connectivity index is 0.00000259. The molecule has 0 radical (unpaired) electrons. The number of benzene rings is 1. The van der Waals surface area contributed by atoms with E-state index in [1.165, 1.54) is 0 Å². The summed E-state index contributed by atoms with van der Waals surface area (Å²) in [6, 6.07) is 15.2. The quantitative estimate of drug-likeness (QED) is 0.237. The maximum Gasteiger partial charge on any atom is 0.153 e. The molecule has 33 heavy (non-hydrogen) atoms. The minimum atomic E-state index is -0.861. The molecule has 8 bridgehead atoms. The average Bonchev–Trinajstić information content (AvgIpc) is 3.16. The van der Waals surface area contributed by atoms with Crippen LogP contribution in [0.3, 0.4) is 0 Å². The molecule has 4 heterocycles. The van der Waals surface area contributed by atoms with Gasteiger partial charge in [0.25, 0.3) is 0 Å². The van der Waals surface area contributed by atoms with Crippen molar-refractivity contribution >= 4 is 0 Å². The fourth-order valence-corrected chi connectivity index (χ4v) is 4.41. The topological polar surface area (TPSA) is 43.6 Å². The third-order valence-electron chi connectivity index (χ3n) is 6.35. The van der Waals surface area contributed by atoms with Crippen molar-refractivity contribution in [3.63, 3.8) is 0 Å². The first-order valence-electron chi connectivity index (χ1n) is 10.5. The van der Waals surface area contributed by atoms with E-state index in [4.69, 9.17) is 15.1 Å². The summed E-state index contributed by atoms with van der Waals surface area (Å²) in [5.41, 5.74) is 2.47. The van der Waals surface area contributed by atoms with Crippen LogP contribution in [0.2, 0.25) is 0 Å². The van der Waals surface area contributed by atoms with Gasteiger partial charge in [-0.1, -0.05) is 49.2 Å². The van der Waals surface area contributed by atoms with Crippen LogP contribution in [0.5, 0.6) is 0 Å². The number of hydrogen-bond acceptors (Lipinski definition) is 3. The molecule has 0 unspecified atom stereocenters. The predicted octanol–water partition coefficient (Wildman–Crippen LogP) is 5.68. The predicted molar refractivity (Wildman–Crippen MR) is 119 cm³/mol. The van der Waals surface area contributed by atoms with E-state index in [9.17, 15) is 4.39 Å². The van der Waals surface area contributed by atoms with Crippen molar-refractivity contribution in [3.05, 3.63) is 94.6 Å². The molecule has 1 aliphatic rings. The van der Waals surface area contributed by atoms with Gasteiger partial charge in [-0.25, -0.2) is 9.67 Å². The molecule has 0 atom stereocenters. The number of nitrogens with zero attached hydrogens (tertiary/aromatic N) is 4. The third kappa shape index (κ3) is 3.65. The average molecular weight is 625 g/mol. The standard InChI is InChI=1S/C26H23F2N4.Pt/c1-15-14-32-23-11-7-10-22(30-23)26(4,5)21-9-6-8-20(29-21)16-12-17(19(28)13-18(16)27)25(2,3)24(15)31-32;/h6-11,13-14H,1-5H3;/q-1;. The van der Waals surface area contributed by atoms with Gasteiger partial charge in [0.15, 0.2) is 5.82 Å². The largest absolute Gasteiger partial charge is 0.300 e. The van der Waals surface area contributed by atoms with Crippen LogP contribution in [0.15, 0.2) is 48.7 Å². The third-order valence-corrected chi connectivity index (χ3v) is 6.35. The SMILES string of the molecule is Cc1cn2nc1C(C)(C)c1[c-]c(c(F)cc1F)-c1cccc(n1)C(C)(C)c1cccc-2n1.[Pt]. The molecule has 0 fully saturated rings. The van der Waals surface area contributed by atoms with Gasteiger partial charge in [0.2, 0.25) is 0 Å². The van der Waals surface area contributed by atoms with E-state index < -0.39 is 22.5 Å². The zero-order valence-corrected chi connectivity index (χ0v) is 21.3. The van der Waals surface area contributed by atoms with E-state index in [-0.39, 0.29) is 32.2 Å². The van der Waals surface area contributed by atoms with Crippen LogP contribution in [0, 0.1) is 24.6 Å². The van der Waals surface area contributed by atoms with Gasteiger partial charge in [-0.15, -0.1) is 6.07 Å². The molecule has 0 saturated carbocycles. The number of pyridine rings is 2. The first kappa shape index (κ1) is 23.4. The van der Waals surface area contributed by atoms with Crippen molar-refractivity contribution in [3.8, 4) is 17.1 Å². The number of fused-ring (bicyclic) bond motifs is 10. The van der Waals surface area contributed by atoms with E-state index in [1.54, 1.807) is 10.7 Å². The Hall–Kier alpha value is -2.72. The van der Waals surface area contributed by atoms with Crippen LogP contribution < -0.4 is 0 Å². The molecule has 1 aliphatic heterocycles. The van der Waals surface area contributed by atoms with Crippen molar-refractivity contribution in [2.75, 3.05) is 0 Å². The smallest absolute Gasteiger partial charge is 0.153 e. The Morgan fingerprint density at radius 1 is 0.879 bits per heavy atom. The molecule has 0 N–H and O–H groups in total. The van der Waals surface area contributed by atoms with Crippen LogP contribution in [-0.2, 0) is 31.9 Å². The van der Waals surface area contributed by atoms with Crippen LogP contribution in [0.4, 0.5) is 8.78 Å². The molecule has 0 amide bonds. The Labute approximate surface area is 206 Å². The van der Waals surface area contributed by atoms with Crippen molar-refractivity contribution in [2.24, 2.45) is 0 Å². The molecule has 5 rings (SSSR count). The Bertz CT molecular complexity index is 1370. The van der Waals surface area contributed by atoms with Gasteiger partial charge in [-0.2, -0.15) is 5.10 Å². The Morgan fingerprint density at radius 2 is 1.55 bits per heavy atom. The maximum absolute atomic E-state index is 15.1. The summed E-state index contributed by atoms with van der Waals surface area (Å²) in [6.07, 6.45) is 1.89. The summed E-state index contributed by atoms with van der Waals surface area (Å²) >= 11 is 0. The minimum Gasteiger partial charge on any atom is -0.300 e. The fourth-order valence-electron chi connectivity index (χ4n) is 4.41. The molecule has 0 saturated heterocycles. The second-order valence-electron chi connectivity index (χ2n) is 9.36. The van der Waals surface area contributed by atoms with E-state index in [2.05, 4.69) is 6.07 Å². The number of aryl methyl sites for hydroxylation is 1. The number of hydrogen-bond donors (Lipinski definition) is 0. The molecule has 3 aromatic heterocycles. The molecule has 4 aromatic rings. The molecule has 7 heteroatoms. The first-order chi connectivity index (χ1) is 15.1. The summed E-state index contributed by atoms with van der Waals surface area (Å²) in [4.78, 5) is 9.63. The van der Waals surface area contributed by atoms with Crippen LogP contribution in [-0.4, -0.2) is 19.7 Å². The van der Waals surface area contributed by atoms with E-state index >= 15 is 4.39 Å².